The number of hydrogen-bond acceptors (Lipinski definition) is 4. The number of anilines is 1. The van der Waals surface area contributed by atoms with Crippen LogP contribution in [0.25, 0.3) is 5.65 Å². The normalized spacial score (nSPS) is 14.3. The minimum atomic E-state index is -0.0774. The van der Waals surface area contributed by atoms with E-state index in [2.05, 4.69) is 15.4 Å². The molecule has 1 saturated carbocycles. The number of methoxy groups -OCH3 is 1. The molecule has 6 nitrogen and oxygen atoms in total. The third-order valence-corrected chi connectivity index (χ3v) is 4.65. The molecule has 0 spiro atoms. The molecule has 0 atom stereocenters. The molecule has 25 heavy (non-hydrogen) atoms. The Kier molecular flexibility index (Phi) is 4.09. The maximum Gasteiger partial charge on any atom is 0.228 e. The van der Waals surface area contributed by atoms with Crippen molar-refractivity contribution in [2.45, 2.75) is 31.6 Å². The van der Waals surface area contributed by atoms with E-state index in [0.29, 0.717) is 23.7 Å². The van der Waals surface area contributed by atoms with Gasteiger partial charge in [0, 0.05) is 12.1 Å². The summed E-state index contributed by atoms with van der Waals surface area (Å²) in [6.07, 6.45) is 5.70. The highest BCUT2D eigenvalue weighted by Crippen LogP contribution is 2.35. The summed E-state index contributed by atoms with van der Waals surface area (Å²) in [7, 11) is 1.62. The molecule has 0 radical (unpaired) electrons. The van der Waals surface area contributed by atoms with Gasteiger partial charge in [0.25, 0.3) is 0 Å². The zero-order valence-corrected chi connectivity index (χ0v) is 14.1. The summed E-state index contributed by atoms with van der Waals surface area (Å²) in [5, 5.41) is 7.50. The van der Waals surface area contributed by atoms with Crippen LogP contribution in [-0.2, 0) is 11.2 Å². The van der Waals surface area contributed by atoms with E-state index in [4.69, 9.17) is 4.74 Å². The Balaban J connectivity index is 1.50. The molecule has 128 valence electrons. The maximum absolute atomic E-state index is 12.4. The molecular weight excluding hydrogens is 316 g/mol. The average molecular weight is 336 g/mol. The number of carbonyl (C=O) groups excluding carboxylic acids is 1. The summed E-state index contributed by atoms with van der Waals surface area (Å²) in [5.41, 5.74) is 2.33. The maximum atomic E-state index is 12.4. The van der Waals surface area contributed by atoms with Crippen LogP contribution in [0.15, 0.2) is 42.6 Å². The fraction of sp³-hybridized carbons (Fsp3) is 0.316. The Labute approximate surface area is 145 Å². The first kappa shape index (κ1) is 15.6. The van der Waals surface area contributed by atoms with Crippen molar-refractivity contribution in [1.82, 2.24) is 14.6 Å². The van der Waals surface area contributed by atoms with Crippen molar-refractivity contribution < 1.29 is 9.53 Å². The second kappa shape index (κ2) is 6.55. The van der Waals surface area contributed by atoms with Crippen LogP contribution in [-0.4, -0.2) is 27.6 Å². The highest BCUT2D eigenvalue weighted by molar-refractivity contribution is 5.95. The van der Waals surface area contributed by atoms with E-state index >= 15 is 0 Å². The summed E-state index contributed by atoms with van der Waals surface area (Å²) in [6, 6.07) is 11.2. The number of hydrogen-bond donors (Lipinski definition) is 1. The monoisotopic (exact) mass is 336 g/mol. The van der Waals surface area contributed by atoms with E-state index in [1.54, 1.807) is 11.6 Å². The Hall–Kier alpha value is -2.89. The van der Waals surface area contributed by atoms with E-state index in [1.807, 2.05) is 42.6 Å². The van der Waals surface area contributed by atoms with Crippen LogP contribution in [0.5, 0.6) is 5.75 Å². The smallest absolute Gasteiger partial charge is 0.228 e. The van der Waals surface area contributed by atoms with Crippen molar-refractivity contribution in [1.29, 1.82) is 0 Å². The topological polar surface area (TPSA) is 68.5 Å². The molecule has 4 rings (SSSR count). The van der Waals surface area contributed by atoms with Gasteiger partial charge >= 0.3 is 0 Å². The first-order chi connectivity index (χ1) is 12.2. The molecule has 6 heteroatoms. The number of aromatic nitrogens is 3. The first-order valence-corrected chi connectivity index (χ1v) is 8.51. The van der Waals surface area contributed by atoms with Gasteiger partial charge in [0.2, 0.25) is 5.91 Å². The Bertz CT molecular complexity index is 897. The lowest BCUT2D eigenvalue weighted by Crippen LogP contribution is -2.15. The average Bonchev–Trinajstić information content (AvgIpc) is 2.98. The number of benzene rings is 1. The SMILES string of the molecule is COc1ccc(CC(=O)Nc2cccn3nc(C4CCC4)nc23)cc1. The van der Waals surface area contributed by atoms with Crippen molar-refractivity contribution in [2.24, 2.45) is 0 Å². The molecule has 1 fully saturated rings. The molecule has 0 unspecified atom stereocenters. The van der Waals surface area contributed by atoms with Crippen LogP contribution in [0, 0.1) is 0 Å². The molecular formula is C19H20N4O2. The molecule has 0 bridgehead atoms. The Morgan fingerprint density at radius 3 is 2.76 bits per heavy atom. The second-order valence-corrected chi connectivity index (χ2v) is 6.36. The summed E-state index contributed by atoms with van der Waals surface area (Å²) >= 11 is 0. The van der Waals surface area contributed by atoms with Gasteiger partial charge in [-0.15, -0.1) is 0 Å². The summed E-state index contributed by atoms with van der Waals surface area (Å²) < 4.78 is 6.88. The number of fused-ring (bicyclic) bond motifs is 1. The van der Waals surface area contributed by atoms with Gasteiger partial charge in [-0.25, -0.2) is 9.50 Å². The molecule has 1 N–H and O–H groups in total. The Morgan fingerprint density at radius 2 is 2.08 bits per heavy atom. The second-order valence-electron chi connectivity index (χ2n) is 6.36. The zero-order valence-electron chi connectivity index (χ0n) is 14.1. The number of amides is 1. The highest BCUT2D eigenvalue weighted by Gasteiger charge is 2.24. The van der Waals surface area contributed by atoms with E-state index in [1.165, 1.54) is 6.42 Å². The fourth-order valence-corrected chi connectivity index (χ4v) is 2.98. The minimum absolute atomic E-state index is 0.0774. The van der Waals surface area contributed by atoms with Gasteiger partial charge in [0.1, 0.15) is 5.75 Å². The number of ether oxygens (including phenoxy) is 1. The largest absolute Gasteiger partial charge is 0.497 e. The van der Waals surface area contributed by atoms with Crippen LogP contribution in [0.4, 0.5) is 5.69 Å². The lowest BCUT2D eigenvalue weighted by Gasteiger charge is -2.21. The van der Waals surface area contributed by atoms with Crippen molar-refractivity contribution >= 4 is 17.2 Å². The summed E-state index contributed by atoms with van der Waals surface area (Å²) in [4.78, 5) is 17.0. The number of nitrogens with zero attached hydrogens (tertiary/aromatic N) is 3. The number of nitrogens with one attached hydrogen (secondary N) is 1. The van der Waals surface area contributed by atoms with Gasteiger partial charge in [-0.1, -0.05) is 18.6 Å². The molecule has 0 aliphatic heterocycles. The first-order valence-electron chi connectivity index (χ1n) is 8.51. The molecule has 1 aliphatic rings. The van der Waals surface area contributed by atoms with E-state index < -0.39 is 0 Å². The minimum Gasteiger partial charge on any atom is -0.497 e. The van der Waals surface area contributed by atoms with Crippen molar-refractivity contribution in [2.75, 3.05) is 12.4 Å². The van der Waals surface area contributed by atoms with Crippen LogP contribution in [0.3, 0.4) is 0 Å². The molecule has 1 aromatic carbocycles. The molecule has 2 aromatic heterocycles. The van der Waals surface area contributed by atoms with Crippen molar-refractivity contribution in [3.63, 3.8) is 0 Å². The third-order valence-electron chi connectivity index (χ3n) is 4.65. The Morgan fingerprint density at radius 1 is 1.28 bits per heavy atom. The van der Waals surface area contributed by atoms with E-state index in [-0.39, 0.29) is 5.91 Å². The fourth-order valence-electron chi connectivity index (χ4n) is 2.98. The standard InChI is InChI=1S/C19H20N4O2/c1-25-15-9-7-13(8-10-15)12-17(24)20-16-6-3-11-23-19(16)21-18(22-23)14-4-2-5-14/h3,6-11,14H,2,4-5,12H2,1H3,(H,20,24). The summed E-state index contributed by atoms with van der Waals surface area (Å²) in [5.74, 6) is 2.04. The van der Waals surface area contributed by atoms with Crippen LogP contribution >= 0.6 is 0 Å². The predicted octanol–water partition coefficient (Wildman–Crippen LogP) is 3.19. The van der Waals surface area contributed by atoms with E-state index in [0.717, 1.165) is 30.0 Å². The highest BCUT2D eigenvalue weighted by atomic mass is 16.5. The van der Waals surface area contributed by atoms with Crippen LogP contribution < -0.4 is 10.1 Å². The lowest BCUT2D eigenvalue weighted by atomic mass is 9.85. The van der Waals surface area contributed by atoms with Crippen molar-refractivity contribution in [3.05, 3.63) is 54.0 Å². The lowest BCUT2D eigenvalue weighted by molar-refractivity contribution is -0.115. The van der Waals surface area contributed by atoms with Gasteiger partial charge in [0.05, 0.1) is 19.2 Å². The van der Waals surface area contributed by atoms with Gasteiger partial charge in [0.15, 0.2) is 11.5 Å². The molecule has 2 heterocycles. The predicted molar refractivity (Wildman–Crippen MR) is 94.9 cm³/mol. The number of carbonyl (C=O) groups is 1. The van der Waals surface area contributed by atoms with Gasteiger partial charge in [-0.2, -0.15) is 5.10 Å². The van der Waals surface area contributed by atoms with E-state index in [9.17, 15) is 4.79 Å². The van der Waals surface area contributed by atoms with Crippen LogP contribution in [0.2, 0.25) is 0 Å². The third kappa shape index (κ3) is 3.20. The molecule has 0 saturated heterocycles. The van der Waals surface area contributed by atoms with Gasteiger partial charge in [-0.05, 0) is 42.7 Å². The van der Waals surface area contributed by atoms with Crippen LogP contribution in [0.1, 0.15) is 36.6 Å². The van der Waals surface area contributed by atoms with Gasteiger partial charge < -0.3 is 10.1 Å². The number of rotatable bonds is 5. The number of pyridine rings is 1. The summed E-state index contributed by atoms with van der Waals surface area (Å²) in [6.45, 7) is 0. The van der Waals surface area contributed by atoms with Crippen molar-refractivity contribution in [3.8, 4) is 5.75 Å². The quantitative estimate of drug-likeness (QED) is 0.777. The zero-order chi connectivity index (χ0) is 17.2. The van der Waals surface area contributed by atoms with Gasteiger partial charge in [-0.3, -0.25) is 4.79 Å². The molecule has 3 aromatic rings. The molecule has 1 aliphatic carbocycles. The molecule has 1 amide bonds.